The summed E-state index contributed by atoms with van der Waals surface area (Å²) in [6.45, 7) is 0. The van der Waals surface area contributed by atoms with E-state index in [0.717, 1.165) is 18.5 Å². The van der Waals surface area contributed by atoms with Gasteiger partial charge in [0.15, 0.2) is 0 Å². The van der Waals surface area contributed by atoms with Crippen LogP contribution in [0, 0.1) is 0 Å². The third-order valence-electron chi connectivity index (χ3n) is 2.52. The number of nitrogens with zero attached hydrogens (tertiary/aromatic N) is 2. The van der Waals surface area contributed by atoms with Gasteiger partial charge in [-0.3, -0.25) is 4.68 Å². The molecule has 0 radical (unpaired) electrons. The van der Waals surface area contributed by atoms with Crippen LogP contribution in [0.4, 0.5) is 0 Å². The minimum absolute atomic E-state index is 0.0830. The molecular formula is C11H15N3S. The molecule has 4 heteroatoms. The molecule has 0 aromatic carbocycles. The normalized spacial score (nSPS) is 12.9. The van der Waals surface area contributed by atoms with E-state index in [1.807, 2.05) is 17.8 Å². The van der Waals surface area contributed by atoms with Crippen LogP contribution in [0.3, 0.4) is 0 Å². The van der Waals surface area contributed by atoms with E-state index in [4.69, 9.17) is 5.73 Å². The number of thiophene rings is 1. The van der Waals surface area contributed by atoms with Crippen molar-refractivity contribution < 1.29 is 0 Å². The highest BCUT2D eigenvalue weighted by Crippen LogP contribution is 2.18. The van der Waals surface area contributed by atoms with E-state index in [2.05, 4.69) is 22.6 Å². The summed E-state index contributed by atoms with van der Waals surface area (Å²) in [7, 11) is 1.93. The molecule has 2 N–H and O–H groups in total. The lowest BCUT2D eigenvalue weighted by atomic mass is 10.1. The first-order valence-electron chi connectivity index (χ1n) is 5.03. The van der Waals surface area contributed by atoms with Crippen molar-refractivity contribution in [1.82, 2.24) is 9.78 Å². The Morgan fingerprint density at radius 3 is 3.00 bits per heavy atom. The molecule has 1 atom stereocenters. The van der Waals surface area contributed by atoms with Crippen molar-refractivity contribution in [2.75, 3.05) is 0 Å². The SMILES string of the molecule is Cn1nccc1C(N)CCc1cccs1. The molecule has 80 valence electrons. The van der Waals surface area contributed by atoms with Gasteiger partial charge in [0.05, 0.1) is 5.69 Å². The zero-order valence-electron chi connectivity index (χ0n) is 8.76. The standard InChI is InChI=1S/C11H15N3S/c1-14-11(6-7-13-14)10(12)5-4-9-3-2-8-15-9/h2-3,6-8,10H,4-5,12H2,1H3. The molecule has 2 aromatic heterocycles. The monoisotopic (exact) mass is 221 g/mol. The molecule has 0 saturated heterocycles. The van der Waals surface area contributed by atoms with Gasteiger partial charge in [0.25, 0.3) is 0 Å². The fraction of sp³-hybridized carbons (Fsp3) is 0.364. The number of hydrogen-bond acceptors (Lipinski definition) is 3. The second-order valence-corrected chi connectivity index (χ2v) is 4.64. The maximum atomic E-state index is 6.10. The van der Waals surface area contributed by atoms with Crippen LogP contribution in [0.15, 0.2) is 29.8 Å². The molecular weight excluding hydrogens is 206 g/mol. The molecule has 2 aromatic rings. The van der Waals surface area contributed by atoms with Crippen molar-refractivity contribution in [2.24, 2.45) is 12.8 Å². The summed E-state index contributed by atoms with van der Waals surface area (Å²) in [4.78, 5) is 1.40. The maximum Gasteiger partial charge on any atom is 0.0548 e. The first-order valence-corrected chi connectivity index (χ1v) is 5.91. The van der Waals surface area contributed by atoms with Crippen LogP contribution >= 0.6 is 11.3 Å². The highest BCUT2D eigenvalue weighted by molar-refractivity contribution is 7.09. The van der Waals surface area contributed by atoms with Crippen molar-refractivity contribution in [3.05, 3.63) is 40.3 Å². The van der Waals surface area contributed by atoms with Gasteiger partial charge >= 0.3 is 0 Å². The number of aromatic nitrogens is 2. The molecule has 2 heterocycles. The van der Waals surface area contributed by atoms with Crippen molar-refractivity contribution in [3.8, 4) is 0 Å². The Kier molecular flexibility index (Phi) is 3.18. The van der Waals surface area contributed by atoms with Gasteiger partial charge in [-0.1, -0.05) is 6.07 Å². The van der Waals surface area contributed by atoms with Crippen LogP contribution in [0.5, 0.6) is 0 Å². The zero-order chi connectivity index (χ0) is 10.7. The zero-order valence-corrected chi connectivity index (χ0v) is 9.57. The molecule has 0 aliphatic heterocycles. The minimum Gasteiger partial charge on any atom is -0.323 e. The van der Waals surface area contributed by atoms with Crippen molar-refractivity contribution in [3.63, 3.8) is 0 Å². The van der Waals surface area contributed by atoms with E-state index >= 15 is 0 Å². The van der Waals surface area contributed by atoms with E-state index in [0.29, 0.717) is 0 Å². The van der Waals surface area contributed by atoms with Crippen molar-refractivity contribution in [2.45, 2.75) is 18.9 Å². The Balaban J connectivity index is 1.93. The van der Waals surface area contributed by atoms with Crippen molar-refractivity contribution in [1.29, 1.82) is 0 Å². The third-order valence-corrected chi connectivity index (χ3v) is 3.46. The summed E-state index contributed by atoms with van der Waals surface area (Å²) < 4.78 is 1.85. The van der Waals surface area contributed by atoms with E-state index < -0.39 is 0 Å². The third kappa shape index (κ3) is 2.46. The molecule has 2 rings (SSSR count). The summed E-state index contributed by atoms with van der Waals surface area (Å²) in [6, 6.07) is 6.30. The van der Waals surface area contributed by atoms with Gasteiger partial charge in [0.2, 0.25) is 0 Å². The van der Waals surface area contributed by atoms with Crippen LogP contribution in [-0.2, 0) is 13.5 Å². The lowest BCUT2D eigenvalue weighted by molar-refractivity contribution is 0.584. The second kappa shape index (κ2) is 4.59. The maximum absolute atomic E-state index is 6.10. The van der Waals surface area contributed by atoms with Gasteiger partial charge in [-0.15, -0.1) is 11.3 Å². The van der Waals surface area contributed by atoms with Gasteiger partial charge in [-0.05, 0) is 30.4 Å². The van der Waals surface area contributed by atoms with E-state index in [1.54, 1.807) is 17.5 Å². The summed E-state index contributed by atoms with van der Waals surface area (Å²) in [6.07, 6.45) is 3.81. The summed E-state index contributed by atoms with van der Waals surface area (Å²) in [5.41, 5.74) is 7.20. The lowest BCUT2D eigenvalue weighted by Crippen LogP contribution is -2.15. The molecule has 0 fully saturated rings. The van der Waals surface area contributed by atoms with Crippen LogP contribution in [-0.4, -0.2) is 9.78 Å². The summed E-state index contributed by atoms with van der Waals surface area (Å²) >= 11 is 1.79. The van der Waals surface area contributed by atoms with Crippen LogP contribution in [0.1, 0.15) is 23.0 Å². The van der Waals surface area contributed by atoms with E-state index in [-0.39, 0.29) is 6.04 Å². The van der Waals surface area contributed by atoms with Crippen LogP contribution < -0.4 is 5.73 Å². The van der Waals surface area contributed by atoms with Gasteiger partial charge in [0.1, 0.15) is 0 Å². The minimum atomic E-state index is 0.0830. The Morgan fingerprint density at radius 2 is 2.40 bits per heavy atom. The first kappa shape index (κ1) is 10.4. The highest BCUT2D eigenvalue weighted by atomic mass is 32.1. The predicted octanol–water partition coefficient (Wildman–Crippen LogP) is 2.11. The molecule has 0 aliphatic carbocycles. The Bertz CT molecular complexity index is 405. The van der Waals surface area contributed by atoms with E-state index in [9.17, 15) is 0 Å². The van der Waals surface area contributed by atoms with Gasteiger partial charge in [0, 0.05) is 24.2 Å². The number of nitrogens with two attached hydrogens (primary N) is 1. The largest absolute Gasteiger partial charge is 0.323 e. The highest BCUT2D eigenvalue weighted by Gasteiger charge is 2.09. The molecule has 0 spiro atoms. The molecule has 15 heavy (non-hydrogen) atoms. The Labute approximate surface area is 93.5 Å². The smallest absolute Gasteiger partial charge is 0.0548 e. The molecule has 0 amide bonds. The Morgan fingerprint density at radius 1 is 1.53 bits per heavy atom. The first-order chi connectivity index (χ1) is 7.27. The number of rotatable bonds is 4. The predicted molar refractivity (Wildman–Crippen MR) is 62.8 cm³/mol. The average molecular weight is 221 g/mol. The van der Waals surface area contributed by atoms with Crippen molar-refractivity contribution >= 4 is 11.3 Å². The fourth-order valence-corrected chi connectivity index (χ4v) is 2.37. The van der Waals surface area contributed by atoms with Crippen LogP contribution in [0.25, 0.3) is 0 Å². The second-order valence-electron chi connectivity index (χ2n) is 3.60. The molecule has 1 unspecified atom stereocenters. The fourth-order valence-electron chi connectivity index (χ4n) is 1.65. The molecule has 0 bridgehead atoms. The average Bonchev–Trinajstić information content (AvgIpc) is 2.84. The molecule has 3 nitrogen and oxygen atoms in total. The molecule has 0 saturated carbocycles. The van der Waals surface area contributed by atoms with E-state index in [1.165, 1.54) is 4.88 Å². The number of aryl methyl sites for hydroxylation is 2. The summed E-state index contributed by atoms with van der Waals surface area (Å²) in [5, 5.41) is 6.22. The van der Waals surface area contributed by atoms with Gasteiger partial charge in [-0.25, -0.2) is 0 Å². The van der Waals surface area contributed by atoms with Crippen LogP contribution in [0.2, 0.25) is 0 Å². The summed E-state index contributed by atoms with van der Waals surface area (Å²) in [5.74, 6) is 0. The lowest BCUT2D eigenvalue weighted by Gasteiger charge is -2.10. The van der Waals surface area contributed by atoms with Gasteiger partial charge < -0.3 is 5.73 Å². The topological polar surface area (TPSA) is 43.8 Å². The van der Waals surface area contributed by atoms with Gasteiger partial charge in [-0.2, -0.15) is 5.10 Å². The quantitative estimate of drug-likeness (QED) is 0.859. The molecule has 0 aliphatic rings. The Hall–Kier alpha value is -1.13. The number of hydrogen-bond donors (Lipinski definition) is 1.